The van der Waals surface area contributed by atoms with E-state index in [1.807, 2.05) is 12.5 Å². The van der Waals surface area contributed by atoms with Crippen LogP contribution in [0.2, 0.25) is 0 Å². The topological polar surface area (TPSA) is 53.1 Å². The van der Waals surface area contributed by atoms with E-state index in [1.165, 1.54) is 6.42 Å². The Morgan fingerprint density at radius 2 is 2.50 bits per heavy atom. The van der Waals surface area contributed by atoms with Crippen molar-refractivity contribution in [2.45, 2.75) is 38.0 Å². The molecule has 2 unspecified atom stereocenters. The smallest absolute Gasteiger partial charge is 0.0952 e. The Bertz CT molecular complexity index is 297. The van der Waals surface area contributed by atoms with Crippen LogP contribution in [0.1, 0.15) is 31.0 Å². The third-order valence-electron chi connectivity index (χ3n) is 2.98. The van der Waals surface area contributed by atoms with Crippen LogP contribution in [0.3, 0.4) is 0 Å². The van der Waals surface area contributed by atoms with Crippen LogP contribution in [0.4, 0.5) is 0 Å². The highest BCUT2D eigenvalue weighted by Gasteiger charge is 2.25. The molecule has 0 spiro atoms. The first-order valence-electron chi connectivity index (χ1n) is 5.08. The SMILES string of the molecule is COC1CCC(n2cnc(CN)c2)C1. The van der Waals surface area contributed by atoms with Crippen LogP contribution in [-0.2, 0) is 11.3 Å². The lowest BCUT2D eigenvalue weighted by Crippen LogP contribution is -2.07. The van der Waals surface area contributed by atoms with E-state index in [0.717, 1.165) is 18.5 Å². The molecular weight excluding hydrogens is 178 g/mol. The second-order valence-electron chi connectivity index (χ2n) is 3.84. The zero-order chi connectivity index (χ0) is 9.97. The van der Waals surface area contributed by atoms with Crippen molar-refractivity contribution in [2.24, 2.45) is 5.73 Å². The summed E-state index contributed by atoms with van der Waals surface area (Å²) in [5.41, 5.74) is 6.48. The van der Waals surface area contributed by atoms with Crippen LogP contribution < -0.4 is 5.73 Å². The highest BCUT2D eigenvalue weighted by Crippen LogP contribution is 2.31. The summed E-state index contributed by atoms with van der Waals surface area (Å²) < 4.78 is 7.51. The molecule has 1 aromatic rings. The van der Waals surface area contributed by atoms with Gasteiger partial charge in [-0.2, -0.15) is 0 Å². The van der Waals surface area contributed by atoms with E-state index in [-0.39, 0.29) is 0 Å². The molecule has 1 saturated carbocycles. The van der Waals surface area contributed by atoms with Gasteiger partial charge in [-0.1, -0.05) is 0 Å². The first-order chi connectivity index (χ1) is 6.83. The minimum Gasteiger partial charge on any atom is -0.381 e. The summed E-state index contributed by atoms with van der Waals surface area (Å²) >= 11 is 0. The van der Waals surface area contributed by atoms with Gasteiger partial charge in [0.05, 0.1) is 18.1 Å². The zero-order valence-electron chi connectivity index (χ0n) is 8.52. The van der Waals surface area contributed by atoms with Crippen molar-refractivity contribution in [1.29, 1.82) is 0 Å². The summed E-state index contributed by atoms with van der Waals surface area (Å²) in [7, 11) is 1.78. The number of methoxy groups -OCH3 is 1. The molecule has 78 valence electrons. The van der Waals surface area contributed by atoms with Gasteiger partial charge < -0.3 is 15.0 Å². The Morgan fingerprint density at radius 1 is 1.64 bits per heavy atom. The third-order valence-corrected chi connectivity index (χ3v) is 2.98. The molecule has 2 N–H and O–H groups in total. The molecule has 2 rings (SSSR count). The second-order valence-corrected chi connectivity index (χ2v) is 3.84. The van der Waals surface area contributed by atoms with Crippen LogP contribution in [0, 0.1) is 0 Å². The Kier molecular flexibility index (Phi) is 2.84. The van der Waals surface area contributed by atoms with E-state index in [2.05, 4.69) is 9.55 Å². The zero-order valence-corrected chi connectivity index (χ0v) is 8.52. The Balaban J connectivity index is 2.02. The monoisotopic (exact) mass is 195 g/mol. The molecule has 1 fully saturated rings. The third kappa shape index (κ3) is 1.81. The summed E-state index contributed by atoms with van der Waals surface area (Å²) in [5, 5.41) is 0. The van der Waals surface area contributed by atoms with Crippen molar-refractivity contribution in [3.63, 3.8) is 0 Å². The number of rotatable bonds is 3. The minimum atomic E-state index is 0.420. The number of hydrogen-bond donors (Lipinski definition) is 1. The number of nitrogens with two attached hydrogens (primary N) is 1. The Hall–Kier alpha value is -0.870. The van der Waals surface area contributed by atoms with E-state index >= 15 is 0 Å². The van der Waals surface area contributed by atoms with Gasteiger partial charge in [0.1, 0.15) is 0 Å². The fourth-order valence-electron chi connectivity index (χ4n) is 2.09. The molecule has 0 bridgehead atoms. The first-order valence-corrected chi connectivity index (χ1v) is 5.08. The van der Waals surface area contributed by atoms with E-state index in [1.54, 1.807) is 7.11 Å². The highest BCUT2D eigenvalue weighted by molar-refractivity contribution is 4.98. The normalized spacial score (nSPS) is 27.0. The molecular formula is C10H17N3O. The maximum atomic E-state index is 5.51. The average molecular weight is 195 g/mol. The van der Waals surface area contributed by atoms with Gasteiger partial charge in [0.15, 0.2) is 0 Å². The number of aromatic nitrogens is 2. The molecule has 2 atom stereocenters. The number of hydrogen-bond acceptors (Lipinski definition) is 3. The predicted octanol–water partition coefficient (Wildman–Crippen LogP) is 1.08. The van der Waals surface area contributed by atoms with Gasteiger partial charge in [-0.3, -0.25) is 0 Å². The summed E-state index contributed by atoms with van der Waals surface area (Å²) in [4.78, 5) is 4.23. The maximum absolute atomic E-state index is 5.51. The van der Waals surface area contributed by atoms with E-state index < -0.39 is 0 Å². The fourth-order valence-corrected chi connectivity index (χ4v) is 2.09. The van der Waals surface area contributed by atoms with Crippen molar-refractivity contribution in [1.82, 2.24) is 9.55 Å². The van der Waals surface area contributed by atoms with Crippen LogP contribution in [-0.4, -0.2) is 22.8 Å². The van der Waals surface area contributed by atoms with Gasteiger partial charge in [-0.05, 0) is 19.3 Å². The molecule has 0 aromatic carbocycles. The van der Waals surface area contributed by atoms with Crippen molar-refractivity contribution in [2.75, 3.05) is 7.11 Å². The van der Waals surface area contributed by atoms with Gasteiger partial charge in [0.2, 0.25) is 0 Å². The van der Waals surface area contributed by atoms with Crippen LogP contribution >= 0.6 is 0 Å². The molecule has 14 heavy (non-hydrogen) atoms. The molecule has 1 aromatic heterocycles. The first kappa shape index (κ1) is 9.68. The number of ether oxygens (including phenoxy) is 1. The van der Waals surface area contributed by atoms with Crippen LogP contribution in [0.25, 0.3) is 0 Å². The molecule has 0 aliphatic heterocycles. The summed E-state index contributed by atoms with van der Waals surface area (Å²) in [6.07, 6.45) is 7.77. The molecule has 0 saturated heterocycles. The number of imidazole rings is 1. The quantitative estimate of drug-likeness (QED) is 0.785. The Morgan fingerprint density at radius 3 is 3.07 bits per heavy atom. The summed E-state index contributed by atoms with van der Waals surface area (Å²) in [5.74, 6) is 0. The van der Waals surface area contributed by atoms with Crippen molar-refractivity contribution in [3.8, 4) is 0 Å². The van der Waals surface area contributed by atoms with E-state index in [4.69, 9.17) is 10.5 Å². The minimum absolute atomic E-state index is 0.420. The molecule has 0 radical (unpaired) electrons. The largest absolute Gasteiger partial charge is 0.381 e. The second kappa shape index (κ2) is 4.11. The maximum Gasteiger partial charge on any atom is 0.0952 e. The van der Waals surface area contributed by atoms with Gasteiger partial charge in [0.25, 0.3) is 0 Å². The molecule has 1 heterocycles. The van der Waals surface area contributed by atoms with Gasteiger partial charge in [-0.25, -0.2) is 4.98 Å². The molecule has 1 aliphatic carbocycles. The molecule has 4 nitrogen and oxygen atoms in total. The van der Waals surface area contributed by atoms with Crippen molar-refractivity contribution >= 4 is 0 Å². The molecule has 1 aliphatic rings. The van der Waals surface area contributed by atoms with Crippen LogP contribution in [0.5, 0.6) is 0 Å². The lowest BCUT2D eigenvalue weighted by atomic mass is 10.2. The average Bonchev–Trinajstić information content (AvgIpc) is 2.86. The van der Waals surface area contributed by atoms with Crippen LogP contribution in [0.15, 0.2) is 12.5 Å². The highest BCUT2D eigenvalue weighted by atomic mass is 16.5. The molecule has 4 heteroatoms. The Labute approximate surface area is 84.1 Å². The lowest BCUT2D eigenvalue weighted by Gasteiger charge is -2.11. The summed E-state index contributed by atoms with van der Waals surface area (Å²) in [6, 6.07) is 0.549. The lowest BCUT2D eigenvalue weighted by molar-refractivity contribution is 0.106. The van der Waals surface area contributed by atoms with Gasteiger partial charge >= 0.3 is 0 Å². The van der Waals surface area contributed by atoms with Gasteiger partial charge in [0, 0.05) is 25.9 Å². The van der Waals surface area contributed by atoms with Gasteiger partial charge in [-0.15, -0.1) is 0 Å². The molecule has 0 amide bonds. The van der Waals surface area contributed by atoms with E-state index in [0.29, 0.717) is 18.7 Å². The van der Waals surface area contributed by atoms with Crippen molar-refractivity contribution in [3.05, 3.63) is 18.2 Å². The standard InChI is InChI=1S/C10H17N3O/c1-14-10-3-2-9(4-10)13-6-8(5-11)12-7-13/h6-7,9-10H,2-5,11H2,1H3. The summed E-state index contributed by atoms with van der Waals surface area (Å²) in [6.45, 7) is 0.521. The van der Waals surface area contributed by atoms with Crippen molar-refractivity contribution < 1.29 is 4.74 Å². The van der Waals surface area contributed by atoms with E-state index in [9.17, 15) is 0 Å². The predicted molar refractivity (Wildman–Crippen MR) is 53.8 cm³/mol. The fraction of sp³-hybridized carbons (Fsp3) is 0.700. The number of nitrogens with zero attached hydrogens (tertiary/aromatic N) is 2.